The molecule has 0 radical (unpaired) electrons. The average Bonchev–Trinajstić information content (AvgIpc) is 2.74. The van der Waals surface area contributed by atoms with Gasteiger partial charge < -0.3 is 19.9 Å². The lowest BCUT2D eigenvalue weighted by atomic mass is 9.88. The first-order chi connectivity index (χ1) is 14.0. The molecule has 2 unspecified atom stereocenters. The number of carbonyl (C=O) groups is 2. The second-order valence-electron chi connectivity index (χ2n) is 7.32. The van der Waals surface area contributed by atoms with E-state index in [0.29, 0.717) is 25.3 Å². The summed E-state index contributed by atoms with van der Waals surface area (Å²) in [6.45, 7) is 3.14. The first-order valence-electron chi connectivity index (χ1n) is 9.85. The molecule has 2 N–H and O–H groups in total. The number of carbonyl (C=O) groups excluding carboxylic acids is 1. The molecule has 3 rings (SSSR count). The lowest BCUT2D eigenvalue weighted by Crippen LogP contribution is -2.38. The predicted octanol–water partition coefficient (Wildman–Crippen LogP) is 3.53. The SMILES string of the molecule is COc1cc(C(=O)O)ccc1CCNC(=O)C1CCCOC1c1ccc(C)cc1. The lowest BCUT2D eigenvalue weighted by Gasteiger charge is -2.31. The van der Waals surface area contributed by atoms with E-state index in [-0.39, 0.29) is 23.5 Å². The highest BCUT2D eigenvalue weighted by Gasteiger charge is 2.32. The second-order valence-corrected chi connectivity index (χ2v) is 7.32. The minimum absolute atomic E-state index is 0.0172. The van der Waals surface area contributed by atoms with Crippen molar-refractivity contribution < 1.29 is 24.2 Å². The first-order valence-corrected chi connectivity index (χ1v) is 9.85. The molecule has 1 aliphatic rings. The Morgan fingerprint density at radius 3 is 2.66 bits per heavy atom. The van der Waals surface area contributed by atoms with E-state index in [1.165, 1.54) is 18.7 Å². The average molecular weight is 397 g/mol. The van der Waals surface area contributed by atoms with Crippen molar-refractivity contribution >= 4 is 11.9 Å². The summed E-state index contributed by atoms with van der Waals surface area (Å²) in [5, 5.41) is 12.1. The molecule has 1 heterocycles. The Labute approximate surface area is 170 Å². The highest BCUT2D eigenvalue weighted by atomic mass is 16.5. The van der Waals surface area contributed by atoms with Gasteiger partial charge in [-0.3, -0.25) is 4.79 Å². The lowest BCUT2D eigenvalue weighted by molar-refractivity contribution is -0.134. The van der Waals surface area contributed by atoms with Crippen LogP contribution in [0.25, 0.3) is 0 Å². The van der Waals surface area contributed by atoms with Crippen molar-refractivity contribution in [1.82, 2.24) is 5.32 Å². The molecule has 6 heteroatoms. The standard InChI is InChI=1S/C23H27NO5/c1-15-5-7-17(8-6-15)21-19(4-3-13-29-21)22(25)24-12-11-16-9-10-18(23(26)27)14-20(16)28-2/h5-10,14,19,21H,3-4,11-13H2,1-2H3,(H,24,25)(H,26,27). The van der Waals surface area contributed by atoms with Gasteiger partial charge in [0.05, 0.1) is 24.7 Å². The normalized spacial score (nSPS) is 18.8. The van der Waals surface area contributed by atoms with Gasteiger partial charge >= 0.3 is 5.97 Å². The molecule has 0 aromatic heterocycles. The van der Waals surface area contributed by atoms with E-state index in [1.54, 1.807) is 12.1 Å². The smallest absolute Gasteiger partial charge is 0.335 e. The van der Waals surface area contributed by atoms with E-state index in [0.717, 1.165) is 24.0 Å². The number of aryl methyl sites for hydroxylation is 1. The number of hydrogen-bond donors (Lipinski definition) is 2. The summed E-state index contributed by atoms with van der Waals surface area (Å²) >= 11 is 0. The highest BCUT2D eigenvalue weighted by molar-refractivity contribution is 5.88. The molecule has 2 atom stereocenters. The first kappa shape index (κ1) is 20.9. The monoisotopic (exact) mass is 397 g/mol. The maximum absolute atomic E-state index is 12.8. The van der Waals surface area contributed by atoms with Crippen molar-refractivity contribution in [2.24, 2.45) is 5.92 Å². The van der Waals surface area contributed by atoms with Gasteiger partial charge in [-0.15, -0.1) is 0 Å². The maximum Gasteiger partial charge on any atom is 0.335 e. The second kappa shape index (κ2) is 9.56. The van der Waals surface area contributed by atoms with Crippen LogP contribution in [-0.4, -0.2) is 37.2 Å². The van der Waals surface area contributed by atoms with Crippen molar-refractivity contribution in [1.29, 1.82) is 0 Å². The molecule has 0 saturated carbocycles. The van der Waals surface area contributed by atoms with E-state index in [4.69, 9.17) is 14.6 Å². The van der Waals surface area contributed by atoms with Gasteiger partial charge in [-0.2, -0.15) is 0 Å². The molecule has 0 aliphatic carbocycles. The van der Waals surface area contributed by atoms with Gasteiger partial charge in [0, 0.05) is 13.2 Å². The minimum Gasteiger partial charge on any atom is -0.496 e. The fourth-order valence-corrected chi connectivity index (χ4v) is 3.67. The summed E-state index contributed by atoms with van der Waals surface area (Å²) in [5.74, 6) is -0.723. The Morgan fingerprint density at radius 1 is 1.21 bits per heavy atom. The summed E-state index contributed by atoms with van der Waals surface area (Å²) in [6, 6.07) is 12.9. The van der Waals surface area contributed by atoms with E-state index in [2.05, 4.69) is 5.32 Å². The molecule has 1 fully saturated rings. The number of carboxylic acids is 1. The summed E-state index contributed by atoms with van der Waals surface area (Å²) in [6.07, 6.45) is 1.98. The van der Waals surface area contributed by atoms with E-state index in [9.17, 15) is 9.59 Å². The molecule has 154 valence electrons. The number of rotatable bonds is 7. The highest BCUT2D eigenvalue weighted by Crippen LogP contribution is 2.34. The Bertz CT molecular complexity index is 862. The number of amides is 1. The van der Waals surface area contributed by atoms with Crippen molar-refractivity contribution in [3.8, 4) is 5.75 Å². The molecule has 29 heavy (non-hydrogen) atoms. The number of aromatic carboxylic acids is 1. The molecule has 0 bridgehead atoms. The number of benzene rings is 2. The fraction of sp³-hybridized carbons (Fsp3) is 0.391. The van der Waals surface area contributed by atoms with Gasteiger partial charge in [0.2, 0.25) is 5.91 Å². The van der Waals surface area contributed by atoms with Crippen LogP contribution in [0.3, 0.4) is 0 Å². The quantitative estimate of drug-likeness (QED) is 0.747. The summed E-state index contributed by atoms with van der Waals surface area (Å²) in [5.41, 5.74) is 3.23. The molecule has 1 saturated heterocycles. The van der Waals surface area contributed by atoms with Crippen LogP contribution in [0.2, 0.25) is 0 Å². The van der Waals surface area contributed by atoms with Crippen LogP contribution < -0.4 is 10.1 Å². The summed E-state index contributed by atoms with van der Waals surface area (Å²) in [4.78, 5) is 23.9. The Hall–Kier alpha value is -2.86. The van der Waals surface area contributed by atoms with Crippen LogP contribution in [0.4, 0.5) is 0 Å². The zero-order valence-electron chi connectivity index (χ0n) is 16.8. The molecular formula is C23H27NO5. The van der Waals surface area contributed by atoms with Gasteiger partial charge in [0.25, 0.3) is 0 Å². The molecule has 0 spiro atoms. The Kier molecular flexibility index (Phi) is 6.88. The minimum atomic E-state index is -0.998. The number of methoxy groups -OCH3 is 1. The van der Waals surface area contributed by atoms with Crippen molar-refractivity contribution in [2.75, 3.05) is 20.3 Å². The molecular weight excluding hydrogens is 370 g/mol. The fourth-order valence-electron chi connectivity index (χ4n) is 3.67. The van der Waals surface area contributed by atoms with Crippen LogP contribution in [0.5, 0.6) is 5.75 Å². The Balaban J connectivity index is 1.62. The number of ether oxygens (including phenoxy) is 2. The zero-order valence-corrected chi connectivity index (χ0v) is 16.8. The molecule has 1 amide bonds. The van der Waals surface area contributed by atoms with Crippen LogP contribution in [-0.2, 0) is 16.0 Å². The molecule has 2 aromatic carbocycles. The third-order valence-electron chi connectivity index (χ3n) is 5.29. The summed E-state index contributed by atoms with van der Waals surface area (Å²) in [7, 11) is 1.51. The maximum atomic E-state index is 12.8. The largest absolute Gasteiger partial charge is 0.496 e. The number of nitrogens with one attached hydrogen (secondary N) is 1. The Morgan fingerprint density at radius 2 is 1.97 bits per heavy atom. The van der Waals surface area contributed by atoms with Crippen LogP contribution >= 0.6 is 0 Å². The van der Waals surface area contributed by atoms with Gasteiger partial charge in [-0.1, -0.05) is 35.9 Å². The summed E-state index contributed by atoms with van der Waals surface area (Å²) < 4.78 is 11.2. The predicted molar refractivity (Wildman–Crippen MR) is 109 cm³/mol. The molecule has 2 aromatic rings. The number of hydrogen-bond acceptors (Lipinski definition) is 4. The molecule has 6 nitrogen and oxygen atoms in total. The van der Waals surface area contributed by atoms with Crippen LogP contribution in [0.15, 0.2) is 42.5 Å². The van der Waals surface area contributed by atoms with E-state index >= 15 is 0 Å². The van der Waals surface area contributed by atoms with E-state index < -0.39 is 5.97 Å². The third-order valence-corrected chi connectivity index (χ3v) is 5.29. The van der Waals surface area contributed by atoms with Gasteiger partial charge in [0.1, 0.15) is 5.75 Å². The van der Waals surface area contributed by atoms with Crippen molar-refractivity contribution in [3.05, 3.63) is 64.7 Å². The van der Waals surface area contributed by atoms with E-state index in [1.807, 2.05) is 31.2 Å². The van der Waals surface area contributed by atoms with Gasteiger partial charge in [-0.25, -0.2) is 4.79 Å². The van der Waals surface area contributed by atoms with Crippen molar-refractivity contribution in [2.45, 2.75) is 32.3 Å². The van der Waals surface area contributed by atoms with Crippen LogP contribution in [0, 0.1) is 12.8 Å². The third kappa shape index (κ3) is 5.15. The van der Waals surface area contributed by atoms with Gasteiger partial charge in [0.15, 0.2) is 0 Å². The van der Waals surface area contributed by atoms with Crippen molar-refractivity contribution in [3.63, 3.8) is 0 Å². The van der Waals surface area contributed by atoms with Crippen LogP contribution in [0.1, 0.15) is 46.0 Å². The van der Waals surface area contributed by atoms with Gasteiger partial charge in [-0.05, 0) is 49.4 Å². The number of carboxylic acid groups (broad SMARTS) is 1. The molecule has 1 aliphatic heterocycles. The topological polar surface area (TPSA) is 84.9 Å². The zero-order chi connectivity index (χ0) is 20.8.